The van der Waals surface area contributed by atoms with E-state index in [-0.39, 0.29) is 21.9 Å². The van der Waals surface area contributed by atoms with Crippen molar-refractivity contribution < 1.29 is 23.8 Å². The predicted octanol–water partition coefficient (Wildman–Crippen LogP) is 3.18. The third kappa shape index (κ3) is 3.13. The van der Waals surface area contributed by atoms with Crippen molar-refractivity contribution >= 4 is 23.5 Å². The number of aromatic hydroxyl groups is 1. The molecule has 0 aliphatic heterocycles. The minimum absolute atomic E-state index is 0.00227. The highest BCUT2D eigenvalue weighted by atomic mass is 35.5. The number of phenolic OH excluding ortho intramolecular Hbond substituents is 1. The lowest BCUT2D eigenvalue weighted by molar-refractivity contribution is 0.0397. The number of benzene rings is 2. The molecule has 0 aromatic heterocycles. The van der Waals surface area contributed by atoms with Gasteiger partial charge < -0.3 is 9.84 Å². The molecule has 0 spiro atoms. The molecule has 4 nitrogen and oxygen atoms in total. The van der Waals surface area contributed by atoms with E-state index in [2.05, 4.69) is 4.74 Å². The van der Waals surface area contributed by atoms with Gasteiger partial charge in [0.25, 0.3) is 0 Å². The van der Waals surface area contributed by atoms with Crippen LogP contribution in [0.2, 0.25) is 5.02 Å². The Morgan fingerprint density at radius 2 is 1.70 bits per heavy atom. The lowest BCUT2D eigenvalue weighted by Crippen LogP contribution is -2.13. The molecule has 0 fully saturated rings. The largest absolute Gasteiger partial charge is 0.506 e. The maximum atomic E-state index is 12.9. The smallest absolute Gasteiger partial charge is 0.346 e. The first-order valence-electron chi connectivity index (χ1n) is 5.48. The van der Waals surface area contributed by atoms with Crippen LogP contribution in [0.15, 0.2) is 42.5 Å². The van der Waals surface area contributed by atoms with E-state index in [0.29, 0.717) is 0 Å². The van der Waals surface area contributed by atoms with Gasteiger partial charge >= 0.3 is 11.9 Å². The van der Waals surface area contributed by atoms with Crippen molar-refractivity contribution in [2.45, 2.75) is 0 Å². The fraction of sp³-hybridized carbons (Fsp3) is 0. The minimum Gasteiger partial charge on any atom is -0.506 e. The number of halogens is 2. The Balaban J connectivity index is 2.15. The second kappa shape index (κ2) is 5.71. The average Bonchev–Trinajstić information content (AvgIpc) is 2.41. The van der Waals surface area contributed by atoms with Crippen LogP contribution in [0.5, 0.6) is 5.75 Å². The van der Waals surface area contributed by atoms with Crippen LogP contribution in [0.25, 0.3) is 0 Å². The number of rotatable bonds is 2. The van der Waals surface area contributed by atoms with E-state index >= 15 is 0 Å². The van der Waals surface area contributed by atoms with Crippen molar-refractivity contribution in [2.24, 2.45) is 0 Å². The zero-order valence-corrected chi connectivity index (χ0v) is 10.7. The molecule has 0 bridgehead atoms. The molecule has 102 valence electrons. The fourth-order valence-corrected chi connectivity index (χ4v) is 1.63. The van der Waals surface area contributed by atoms with E-state index in [4.69, 9.17) is 11.6 Å². The Morgan fingerprint density at radius 3 is 2.30 bits per heavy atom. The summed E-state index contributed by atoms with van der Waals surface area (Å²) in [5.41, 5.74) is -0.0826. The second-order valence-corrected chi connectivity index (χ2v) is 4.26. The minimum atomic E-state index is -0.973. The molecule has 1 N–H and O–H groups in total. The van der Waals surface area contributed by atoms with Gasteiger partial charge in [0.2, 0.25) is 0 Å². The maximum Gasteiger partial charge on any atom is 0.346 e. The lowest BCUT2D eigenvalue weighted by Gasteiger charge is -2.04. The summed E-state index contributed by atoms with van der Waals surface area (Å²) in [4.78, 5) is 23.3. The highest BCUT2D eigenvalue weighted by molar-refractivity contribution is 6.32. The fourth-order valence-electron chi connectivity index (χ4n) is 1.45. The summed E-state index contributed by atoms with van der Waals surface area (Å²) in [7, 11) is 0. The molecule has 2 rings (SSSR count). The molecule has 6 heteroatoms. The average molecular weight is 295 g/mol. The first kappa shape index (κ1) is 14.0. The van der Waals surface area contributed by atoms with Crippen LogP contribution in [-0.2, 0) is 4.74 Å². The van der Waals surface area contributed by atoms with E-state index in [1.165, 1.54) is 30.3 Å². The van der Waals surface area contributed by atoms with Crippen molar-refractivity contribution in [1.29, 1.82) is 0 Å². The summed E-state index contributed by atoms with van der Waals surface area (Å²) < 4.78 is 17.5. The Morgan fingerprint density at radius 1 is 1.05 bits per heavy atom. The molecule has 0 aliphatic rings. The Kier molecular flexibility index (Phi) is 4.00. The molecule has 2 aromatic rings. The Labute approximate surface area is 118 Å². The molecular weight excluding hydrogens is 287 g/mol. The summed E-state index contributed by atoms with van der Waals surface area (Å²) >= 11 is 5.64. The Hall–Kier alpha value is -2.40. The topological polar surface area (TPSA) is 63.6 Å². The number of esters is 2. The molecular formula is C14H8ClFO4. The molecule has 0 amide bonds. The van der Waals surface area contributed by atoms with Crippen molar-refractivity contribution in [1.82, 2.24) is 0 Å². The second-order valence-electron chi connectivity index (χ2n) is 3.85. The van der Waals surface area contributed by atoms with E-state index in [9.17, 15) is 19.1 Å². The molecule has 0 unspecified atom stereocenters. The monoisotopic (exact) mass is 294 g/mol. The van der Waals surface area contributed by atoms with Crippen molar-refractivity contribution in [2.75, 3.05) is 0 Å². The third-order valence-electron chi connectivity index (χ3n) is 2.43. The van der Waals surface area contributed by atoms with Gasteiger partial charge in [0.15, 0.2) is 0 Å². The molecule has 0 atom stereocenters. The van der Waals surface area contributed by atoms with E-state index in [1.54, 1.807) is 0 Å². The first-order chi connectivity index (χ1) is 9.47. The van der Waals surface area contributed by atoms with Gasteiger partial charge in [-0.25, -0.2) is 14.0 Å². The van der Waals surface area contributed by atoms with E-state index in [1.807, 2.05) is 0 Å². The lowest BCUT2D eigenvalue weighted by atomic mass is 10.2. The van der Waals surface area contributed by atoms with Crippen LogP contribution in [0.4, 0.5) is 4.39 Å². The van der Waals surface area contributed by atoms with Crippen LogP contribution in [-0.4, -0.2) is 17.0 Å². The third-order valence-corrected chi connectivity index (χ3v) is 2.73. The quantitative estimate of drug-likeness (QED) is 0.682. The zero-order chi connectivity index (χ0) is 14.7. The number of carbonyl (C=O) groups is 2. The SMILES string of the molecule is O=C(OC(=O)c1ccc(O)c(Cl)c1)c1cccc(F)c1. The molecule has 0 saturated heterocycles. The summed E-state index contributed by atoms with van der Waals surface area (Å²) in [5, 5.41) is 9.18. The maximum absolute atomic E-state index is 12.9. The summed E-state index contributed by atoms with van der Waals surface area (Å²) in [6.45, 7) is 0. The van der Waals surface area contributed by atoms with Crippen molar-refractivity contribution in [3.8, 4) is 5.75 Å². The van der Waals surface area contributed by atoms with Gasteiger partial charge in [-0.05, 0) is 36.4 Å². The van der Waals surface area contributed by atoms with Gasteiger partial charge in [0.05, 0.1) is 16.1 Å². The van der Waals surface area contributed by atoms with Crippen LogP contribution in [0, 0.1) is 5.82 Å². The molecule has 0 radical (unpaired) electrons. The van der Waals surface area contributed by atoms with E-state index in [0.717, 1.165) is 12.1 Å². The van der Waals surface area contributed by atoms with Crippen LogP contribution < -0.4 is 0 Å². The molecule has 20 heavy (non-hydrogen) atoms. The van der Waals surface area contributed by atoms with Gasteiger partial charge in [-0.2, -0.15) is 0 Å². The molecule has 0 aliphatic carbocycles. The number of carbonyl (C=O) groups excluding carboxylic acids is 2. The van der Waals surface area contributed by atoms with Gasteiger partial charge in [-0.3, -0.25) is 0 Å². The Bertz CT molecular complexity index is 685. The summed E-state index contributed by atoms with van der Waals surface area (Å²) in [6, 6.07) is 8.39. The number of phenols is 1. The normalized spacial score (nSPS) is 10.1. The van der Waals surface area contributed by atoms with Gasteiger partial charge in [-0.15, -0.1) is 0 Å². The van der Waals surface area contributed by atoms with Gasteiger partial charge in [0, 0.05) is 0 Å². The number of ether oxygens (including phenoxy) is 1. The van der Waals surface area contributed by atoms with Crippen LogP contribution in [0.3, 0.4) is 0 Å². The van der Waals surface area contributed by atoms with E-state index < -0.39 is 17.8 Å². The number of hydrogen-bond acceptors (Lipinski definition) is 4. The standard InChI is InChI=1S/C14H8ClFO4/c15-11-7-9(4-5-12(11)17)14(19)20-13(18)8-2-1-3-10(16)6-8/h1-7,17H. The van der Waals surface area contributed by atoms with Crippen molar-refractivity contribution in [3.63, 3.8) is 0 Å². The highest BCUT2D eigenvalue weighted by Gasteiger charge is 2.16. The van der Waals surface area contributed by atoms with Crippen molar-refractivity contribution in [3.05, 3.63) is 64.4 Å². The molecule has 0 saturated carbocycles. The number of hydrogen-bond donors (Lipinski definition) is 1. The van der Waals surface area contributed by atoms with Gasteiger partial charge in [0.1, 0.15) is 11.6 Å². The first-order valence-corrected chi connectivity index (χ1v) is 5.86. The highest BCUT2D eigenvalue weighted by Crippen LogP contribution is 2.24. The van der Waals surface area contributed by atoms with Gasteiger partial charge in [-0.1, -0.05) is 17.7 Å². The zero-order valence-electron chi connectivity index (χ0n) is 9.97. The van der Waals surface area contributed by atoms with Crippen LogP contribution >= 0.6 is 11.6 Å². The summed E-state index contributed by atoms with van der Waals surface area (Å²) in [6.07, 6.45) is 0. The van der Waals surface area contributed by atoms with Crippen LogP contribution in [0.1, 0.15) is 20.7 Å². The molecule has 2 aromatic carbocycles. The summed E-state index contributed by atoms with van der Waals surface area (Å²) in [5.74, 6) is -2.72. The predicted molar refractivity (Wildman–Crippen MR) is 69.3 cm³/mol. The molecule has 0 heterocycles.